The lowest BCUT2D eigenvalue weighted by Gasteiger charge is -2.27. The van der Waals surface area contributed by atoms with Gasteiger partial charge in [0, 0.05) is 5.02 Å². The summed E-state index contributed by atoms with van der Waals surface area (Å²) in [4.78, 5) is 23.6. The van der Waals surface area contributed by atoms with Gasteiger partial charge in [-0.05, 0) is 37.0 Å². The van der Waals surface area contributed by atoms with E-state index in [-0.39, 0.29) is 19.0 Å². The average molecular weight is 377 g/mol. The number of carbonyl (C=O) groups excluding carboxylic acids is 1. The second kappa shape index (κ2) is 7.86. The molecule has 1 aromatic carbocycles. The minimum absolute atomic E-state index is 0.00256. The van der Waals surface area contributed by atoms with E-state index in [1.165, 1.54) is 10.9 Å². The summed E-state index contributed by atoms with van der Waals surface area (Å²) in [5.41, 5.74) is 1.17. The van der Waals surface area contributed by atoms with Crippen molar-refractivity contribution < 1.29 is 14.7 Å². The first-order valence-corrected chi connectivity index (χ1v) is 8.98. The number of benzene rings is 1. The SMILES string of the molecule is O=C(O)Cn1cc(CNC(=O)C2(Cc3cccc(Cl)c3)CCCC2)nn1. The van der Waals surface area contributed by atoms with Gasteiger partial charge in [0.25, 0.3) is 0 Å². The van der Waals surface area contributed by atoms with Crippen molar-refractivity contribution in [2.24, 2.45) is 5.41 Å². The van der Waals surface area contributed by atoms with E-state index < -0.39 is 11.4 Å². The molecule has 0 unspecified atom stereocenters. The number of aliphatic carboxylic acids is 1. The number of rotatable bonds is 7. The van der Waals surface area contributed by atoms with E-state index in [1.54, 1.807) is 0 Å². The largest absolute Gasteiger partial charge is 0.480 e. The number of carbonyl (C=O) groups is 2. The van der Waals surface area contributed by atoms with E-state index >= 15 is 0 Å². The fraction of sp³-hybridized carbons (Fsp3) is 0.444. The summed E-state index contributed by atoms with van der Waals surface area (Å²) in [6, 6.07) is 7.63. The fourth-order valence-electron chi connectivity index (χ4n) is 3.57. The Bertz CT molecular complexity index is 799. The lowest BCUT2D eigenvalue weighted by molar-refractivity contribution is -0.138. The average Bonchev–Trinajstić information content (AvgIpc) is 3.22. The van der Waals surface area contributed by atoms with E-state index in [2.05, 4.69) is 15.6 Å². The third kappa shape index (κ3) is 4.40. The maximum atomic E-state index is 12.9. The molecule has 0 atom stereocenters. The quantitative estimate of drug-likeness (QED) is 0.773. The Balaban J connectivity index is 1.65. The van der Waals surface area contributed by atoms with Crippen molar-refractivity contribution in [2.45, 2.75) is 45.2 Å². The maximum Gasteiger partial charge on any atom is 0.325 e. The molecule has 0 saturated heterocycles. The monoisotopic (exact) mass is 376 g/mol. The molecular formula is C18H21ClN4O3. The first-order chi connectivity index (χ1) is 12.5. The Labute approximate surface area is 156 Å². The fourth-order valence-corrected chi connectivity index (χ4v) is 3.78. The van der Waals surface area contributed by atoms with Gasteiger partial charge in [-0.3, -0.25) is 9.59 Å². The van der Waals surface area contributed by atoms with Gasteiger partial charge < -0.3 is 10.4 Å². The predicted octanol–water partition coefficient (Wildman–Crippen LogP) is 2.44. The summed E-state index contributed by atoms with van der Waals surface area (Å²) < 4.78 is 1.24. The van der Waals surface area contributed by atoms with Gasteiger partial charge in [-0.15, -0.1) is 5.10 Å². The molecule has 1 amide bonds. The van der Waals surface area contributed by atoms with Crippen LogP contribution in [0.3, 0.4) is 0 Å². The van der Waals surface area contributed by atoms with Crippen LogP contribution in [0.1, 0.15) is 36.9 Å². The zero-order valence-corrected chi connectivity index (χ0v) is 15.1. The normalized spacial score (nSPS) is 15.7. The molecule has 1 aromatic heterocycles. The molecule has 1 aliphatic rings. The van der Waals surface area contributed by atoms with Gasteiger partial charge in [-0.25, -0.2) is 4.68 Å². The molecule has 2 aromatic rings. The molecule has 8 heteroatoms. The van der Waals surface area contributed by atoms with Crippen LogP contribution >= 0.6 is 11.6 Å². The lowest BCUT2D eigenvalue weighted by Crippen LogP contribution is -2.40. The maximum absolute atomic E-state index is 12.9. The molecule has 3 rings (SSSR count). The van der Waals surface area contributed by atoms with Gasteiger partial charge >= 0.3 is 5.97 Å². The van der Waals surface area contributed by atoms with Gasteiger partial charge in [-0.2, -0.15) is 0 Å². The number of hydrogen-bond donors (Lipinski definition) is 2. The highest BCUT2D eigenvalue weighted by atomic mass is 35.5. The van der Waals surface area contributed by atoms with Crippen molar-refractivity contribution >= 4 is 23.5 Å². The number of carboxylic acid groups (broad SMARTS) is 1. The van der Waals surface area contributed by atoms with Crippen LogP contribution < -0.4 is 5.32 Å². The van der Waals surface area contributed by atoms with Gasteiger partial charge in [0.05, 0.1) is 18.2 Å². The molecule has 1 saturated carbocycles. The van der Waals surface area contributed by atoms with Gasteiger partial charge in [0.2, 0.25) is 5.91 Å². The Kier molecular flexibility index (Phi) is 5.56. The summed E-state index contributed by atoms with van der Waals surface area (Å²) in [7, 11) is 0. The molecule has 0 radical (unpaired) electrons. The van der Waals surface area contributed by atoms with Crippen LogP contribution in [-0.2, 0) is 29.1 Å². The van der Waals surface area contributed by atoms with Crippen LogP contribution in [0.5, 0.6) is 0 Å². The molecular weight excluding hydrogens is 356 g/mol. The summed E-state index contributed by atoms with van der Waals surface area (Å²) in [5, 5.41) is 20.0. The van der Waals surface area contributed by atoms with E-state index in [9.17, 15) is 9.59 Å². The molecule has 7 nitrogen and oxygen atoms in total. The Morgan fingerprint density at radius 1 is 1.31 bits per heavy atom. The summed E-state index contributed by atoms with van der Waals surface area (Å²) >= 11 is 6.07. The first-order valence-electron chi connectivity index (χ1n) is 8.60. The number of halogens is 1. The lowest BCUT2D eigenvalue weighted by atomic mass is 9.79. The predicted molar refractivity (Wildman–Crippen MR) is 95.6 cm³/mol. The standard InChI is InChI=1S/C18H21ClN4O3/c19-14-5-3-4-13(8-14)9-18(6-1-2-7-18)17(26)20-10-15-11-23(22-21-15)12-16(24)25/h3-5,8,11H,1-2,6-7,9-10,12H2,(H,20,26)(H,24,25). The molecule has 0 spiro atoms. The van der Waals surface area contributed by atoms with Crippen molar-refractivity contribution in [3.8, 4) is 0 Å². The molecule has 1 heterocycles. The van der Waals surface area contributed by atoms with Crippen molar-refractivity contribution in [2.75, 3.05) is 0 Å². The molecule has 2 N–H and O–H groups in total. The van der Waals surface area contributed by atoms with Crippen LogP contribution in [-0.4, -0.2) is 32.0 Å². The van der Waals surface area contributed by atoms with Crippen molar-refractivity contribution in [1.82, 2.24) is 20.3 Å². The Hall–Kier alpha value is -2.41. The second-order valence-corrected chi connectivity index (χ2v) is 7.21. The third-order valence-corrected chi connectivity index (χ3v) is 5.02. The number of nitrogens with one attached hydrogen (secondary N) is 1. The van der Waals surface area contributed by atoms with Crippen molar-refractivity contribution in [1.29, 1.82) is 0 Å². The minimum atomic E-state index is -0.989. The molecule has 1 aliphatic carbocycles. The van der Waals surface area contributed by atoms with Crippen molar-refractivity contribution in [3.63, 3.8) is 0 Å². The van der Waals surface area contributed by atoms with E-state index in [4.69, 9.17) is 16.7 Å². The summed E-state index contributed by atoms with van der Waals surface area (Å²) in [6.07, 6.45) is 5.94. The molecule has 138 valence electrons. The molecule has 1 fully saturated rings. The third-order valence-electron chi connectivity index (χ3n) is 4.79. The number of amides is 1. The molecule has 26 heavy (non-hydrogen) atoms. The number of carboxylic acids is 1. The van der Waals surface area contributed by atoms with Crippen LogP contribution in [0.4, 0.5) is 0 Å². The molecule has 0 aliphatic heterocycles. The van der Waals surface area contributed by atoms with Crippen LogP contribution in [0, 0.1) is 5.41 Å². The number of nitrogens with zero attached hydrogens (tertiary/aromatic N) is 3. The number of hydrogen-bond acceptors (Lipinski definition) is 4. The van der Waals surface area contributed by atoms with Crippen molar-refractivity contribution in [3.05, 3.63) is 46.7 Å². The molecule has 0 bridgehead atoms. The van der Waals surface area contributed by atoms with Crippen LogP contribution in [0.2, 0.25) is 5.02 Å². The Morgan fingerprint density at radius 3 is 2.77 bits per heavy atom. The first kappa shape index (κ1) is 18.4. The Morgan fingerprint density at radius 2 is 2.08 bits per heavy atom. The summed E-state index contributed by atoms with van der Waals surface area (Å²) in [6.45, 7) is -0.0185. The smallest absolute Gasteiger partial charge is 0.325 e. The van der Waals surface area contributed by atoms with Crippen LogP contribution in [0.25, 0.3) is 0 Å². The minimum Gasteiger partial charge on any atom is -0.480 e. The highest BCUT2D eigenvalue weighted by molar-refractivity contribution is 6.30. The zero-order valence-electron chi connectivity index (χ0n) is 14.3. The highest BCUT2D eigenvalue weighted by Crippen LogP contribution is 2.41. The van der Waals surface area contributed by atoms with Crippen LogP contribution in [0.15, 0.2) is 30.5 Å². The summed E-state index contributed by atoms with van der Waals surface area (Å²) in [5.74, 6) is -0.986. The van der Waals surface area contributed by atoms with E-state index in [0.717, 1.165) is 31.2 Å². The van der Waals surface area contributed by atoms with E-state index in [1.807, 2.05) is 24.3 Å². The second-order valence-electron chi connectivity index (χ2n) is 6.78. The van der Waals surface area contributed by atoms with Gasteiger partial charge in [0.1, 0.15) is 12.2 Å². The van der Waals surface area contributed by atoms with E-state index in [0.29, 0.717) is 17.1 Å². The van der Waals surface area contributed by atoms with Gasteiger partial charge in [-0.1, -0.05) is 41.8 Å². The topological polar surface area (TPSA) is 97.1 Å². The number of aromatic nitrogens is 3. The zero-order chi connectivity index (χ0) is 18.6. The highest BCUT2D eigenvalue weighted by Gasteiger charge is 2.41. The van der Waals surface area contributed by atoms with Gasteiger partial charge in [0.15, 0.2) is 0 Å².